The molecule has 2 aromatic rings. The van der Waals surface area contributed by atoms with Crippen LogP contribution in [0.5, 0.6) is 5.75 Å². The second-order valence-electron chi connectivity index (χ2n) is 5.81. The monoisotopic (exact) mass is 295 g/mol. The predicted molar refractivity (Wildman–Crippen MR) is 88.6 cm³/mol. The van der Waals surface area contributed by atoms with Crippen molar-refractivity contribution in [3.8, 4) is 5.75 Å². The number of ketones is 1. The number of phenols is 1. The Bertz CT molecular complexity index is 663. The van der Waals surface area contributed by atoms with Crippen molar-refractivity contribution in [3.63, 3.8) is 0 Å². The van der Waals surface area contributed by atoms with Gasteiger partial charge >= 0.3 is 0 Å². The van der Waals surface area contributed by atoms with E-state index < -0.39 is 0 Å². The van der Waals surface area contributed by atoms with E-state index in [4.69, 9.17) is 0 Å². The fourth-order valence-corrected chi connectivity index (χ4v) is 3.18. The lowest BCUT2D eigenvalue weighted by Gasteiger charge is -2.30. The van der Waals surface area contributed by atoms with Gasteiger partial charge in [0.05, 0.1) is 0 Å². The smallest absolute Gasteiger partial charge is 0.167 e. The number of carbonyl (C=O) groups is 1. The summed E-state index contributed by atoms with van der Waals surface area (Å²) in [6.07, 6.45) is 1.88. The molecule has 0 fully saturated rings. The van der Waals surface area contributed by atoms with Gasteiger partial charge in [0.25, 0.3) is 0 Å². The summed E-state index contributed by atoms with van der Waals surface area (Å²) in [5.41, 5.74) is 3.11. The van der Waals surface area contributed by atoms with Crippen LogP contribution in [-0.4, -0.2) is 24.0 Å². The van der Waals surface area contributed by atoms with Gasteiger partial charge in [-0.25, -0.2) is 0 Å². The summed E-state index contributed by atoms with van der Waals surface area (Å²) in [5.74, 6) is 0.574. The van der Waals surface area contributed by atoms with Gasteiger partial charge in [-0.2, -0.15) is 0 Å². The van der Waals surface area contributed by atoms with E-state index in [9.17, 15) is 9.90 Å². The minimum Gasteiger partial charge on any atom is -0.508 e. The first-order valence-corrected chi connectivity index (χ1v) is 7.85. The van der Waals surface area contributed by atoms with Crippen molar-refractivity contribution >= 4 is 11.5 Å². The van der Waals surface area contributed by atoms with E-state index in [1.807, 2.05) is 30.3 Å². The lowest BCUT2D eigenvalue weighted by Crippen LogP contribution is -2.35. The summed E-state index contributed by atoms with van der Waals surface area (Å²) in [4.78, 5) is 14.9. The topological polar surface area (TPSA) is 40.5 Å². The van der Waals surface area contributed by atoms with Crippen molar-refractivity contribution in [3.05, 3.63) is 59.7 Å². The highest BCUT2D eigenvalue weighted by Gasteiger charge is 2.28. The van der Waals surface area contributed by atoms with E-state index in [1.54, 1.807) is 12.1 Å². The molecule has 0 bridgehead atoms. The maximum atomic E-state index is 12.7. The van der Waals surface area contributed by atoms with Crippen molar-refractivity contribution in [1.29, 1.82) is 0 Å². The first-order chi connectivity index (χ1) is 10.7. The molecule has 3 nitrogen and oxygen atoms in total. The number of hydrogen-bond acceptors (Lipinski definition) is 3. The molecule has 1 aliphatic rings. The van der Waals surface area contributed by atoms with Crippen LogP contribution in [0.1, 0.15) is 29.3 Å². The summed E-state index contributed by atoms with van der Waals surface area (Å²) < 4.78 is 0. The van der Waals surface area contributed by atoms with Crippen LogP contribution in [0.25, 0.3) is 0 Å². The van der Waals surface area contributed by atoms with Gasteiger partial charge in [0, 0.05) is 30.3 Å². The Morgan fingerprint density at radius 1 is 1.14 bits per heavy atom. The summed E-state index contributed by atoms with van der Waals surface area (Å²) in [5, 5.41) is 9.41. The van der Waals surface area contributed by atoms with Crippen molar-refractivity contribution in [2.75, 3.05) is 18.0 Å². The normalized spacial score (nSPS) is 17.1. The van der Waals surface area contributed by atoms with Crippen LogP contribution in [0.4, 0.5) is 5.69 Å². The van der Waals surface area contributed by atoms with Crippen LogP contribution in [0.3, 0.4) is 0 Å². The summed E-state index contributed by atoms with van der Waals surface area (Å²) in [7, 11) is 0. The first-order valence-electron chi connectivity index (χ1n) is 7.85. The quantitative estimate of drug-likeness (QED) is 0.935. The van der Waals surface area contributed by atoms with Gasteiger partial charge in [0.15, 0.2) is 5.78 Å². The maximum absolute atomic E-state index is 12.7. The van der Waals surface area contributed by atoms with Crippen LogP contribution in [0.2, 0.25) is 0 Å². The summed E-state index contributed by atoms with van der Waals surface area (Å²) in [6.45, 7) is 3.67. The Balaban J connectivity index is 1.77. The second kappa shape index (κ2) is 6.22. The molecular formula is C19H21NO2. The van der Waals surface area contributed by atoms with E-state index in [1.165, 1.54) is 5.56 Å². The minimum absolute atomic E-state index is 0.0450. The average molecular weight is 295 g/mol. The number of anilines is 1. The highest BCUT2D eigenvalue weighted by Crippen LogP contribution is 2.28. The van der Waals surface area contributed by atoms with E-state index in [0.29, 0.717) is 0 Å². The number of nitrogens with zero attached hydrogens (tertiary/aromatic N) is 1. The molecular weight excluding hydrogens is 274 g/mol. The average Bonchev–Trinajstić information content (AvgIpc) is 2.56. The van der Waals surface area contributed by atoms with Crippen molar-refractivity contribution in [2.24, 2.45) is 5.92 Å². The molecule has 2 aromatic carbocycles. The lowest BCUT2D eigenvalue weighted by atomic mass is 9.82. The zero-order chi connectivity index (χ0) is 15.5. The minimum atomic E-state index is 0.0450. The molecule has 0 saturated carbocycles. The Morgan fingerprint density at radius 3 is 2.59 bits per heavy atom. The zero-order valence-corrected chi connectivity index (χ0v) is 12.8. The Kier molecular flexibility index (Phi) is 4.14. The lowest BCUT2D eigenvalue weighted by molar-refractivity contribution is 0.0905. The third-order valence-electron chi connectivity index (χ3n) is 4.45. The standard InChI is InChI=1S/C19H21NO2/c1-2-20(16-9-11-17(21)12-10-16)13-15-8-7-14-5-3-4-6-18(14)19(15)22/h3-6,9-12,15,21H,2,7-8,13H2,1H3. The molecule has 0 amide bonds. The van der Waals surface area contributed by atoms with Crippen LogP contribution < -0.4 is 4.90 Å². The molecule has 1 aliphatic carbocycles. The number of aryl methyl sites for hydroxylation is 1. The van der Waals surface area contributed by atoms with Crippen LogP contribution >= 0.6 is 0 Å². The Morgan fingerprint density at radius 2 is 1.86 bits per heavy atom. The third-order valence-corrected chi connectivity index (χ3v) is 4.45. The van der Waals surface area contributed by atoms with Crippen LogP contribution in [0, 0.1) is 5.92 Å². The van der Waals surface area contributed by atoms with E-state index >= 15 is 0 Å². The van der Waals surface area contributed by atoms with Crippen molar-refractivity contribution < 1.29 is 9.90 Å². The molecule has 0 radical (unpaired) electrons. The van der Waals surface area contributed by atoms with Crippen LogP contribution in [0.15, 0.2) is 48.5 Å². The number of fused-ring (bicyclic) bond motifs is 1. The van der Waals surface area contributed by atoms with Crippen LogP contribution in [-0.2, 0) is 6.42 Å². The molecule has 0 spiro atoms. The van der Waals surface area contributed by atoms with Gasteiger partial charge in [-0.05, 0) is 49.6 Å². The SMILES string of the molecule is CCN(CC1CCc2ccccc2C1=O)c1ccc(O)cc1. The molecule has 0 aromatic heterocycles. The molecule has 0 saturated heterocycles. The summed E-state index contributed by atoms with van der Waals surface area (Å²) >= 11 is 0. The molecule has 3 heteroatoms. The zero-order valence-electron chi connectivity index (χ0n) is 12.8. The molecule has 114 valence electrons. The number of rotatable bonds is 4. The Labute approximate surface area is 131 Å². The first kappa shape index (κ1) is 14.6. The highest BCUT2D eigenvalue weighted by molar-refractivity contribution is 6.00. The van der Waals surface area contributed by atoms with Crippen molar-refractivity contribution in [2.45, 2.75) is 19.8 Å². The maximum Gasteiger partial charge on any atom is 0.167 e. The summed E-state index contributed by atoms with van der Waals surface area (Å²) in [6, 6.07) is 15.1. The molecule has 0 heterocycles. The largest absolute Gasteiger partial charge is 0.508 e. The number of aromatic hydroxyl groups is 1. The number of benzene rings is 2. The van der Waals surface area contributed by atoms with Gasteiger partial charge in [-0.15, -0.1) is 0 Å². The van der Waals surface area contributed by atoms with E-state index in [0.717, 1.165) is 37.2 Å². The van der Waals surface area contributed by atoms with Crippen molar-refractivity contribution in [1.82, 2.24) is 0 Å². The number of Topliss-reactive ketones (excluding diaryl/α,β-unsaturated/α-hetero) is 1. The third kappa shape index (κ3) is 2.84. The van der Waals surface area contributed by atoms with E-state index in [2.05, 4.69) is 17.9 Å². The van der Waals surface area contributed by atoms with Gasteiger partial charge in [0.2, 0.25) is 0 Å². The fourth-order valence-electron chi connectivity index (χ4n) is 3.18. The van der Waals surface area contributed by atoms with Gasteiger partial charge < -0.3 is 10.0 Å². The highest BCUT2D eigenvalue weighted by atomic mass is 16.3. The predicted octanol–water partition coefficient (Wildman–Crippen LogP) is 3.66. The molecule has 1 N–H and O–H groups in total. The van der Waals surface area contributed by atoms with E-state index in [-0.39, 0.29) is 17.5 Å². The van der Waals surface area contributed by atoms with Gasteiger partial charge in [-0.3, -0.25) is 4.79 Å². The molecule has 0 aliphatic heterocycles. The Hall–Kier alpha value is -2.29. The fraction of sp³-hybridized carbons (Fsp3) is 0.316. The molecule has 3 rings (SSSR count). The van der Waals surface area contributed by atoms with Gasteiger partial charge in [-0.1, -0.05) is 24.3 Å². The van der Waals surface area contributed by atoms with Gasteiger partial charge in [0.1, 0.15) is 5.75 Å². The second-order valence-corrected chi connectivity index (χ2v) is 5.81. The number of phenolic OH excluding ortho intramolecular Hbond substituents is 1. The molecule has 22 heavy (non-hydrogen) atoms. The molecule has 1 unspecified atom stereocenters. The number of hydrogen-bond donors (Lipinski definition) is 1. The number of carbonyl (C=O) groups excluding carboxylic acids is 1. The molecule has 1 atom stereocenters.